The lowest BCUT2D eigenvalue weighted by Gasteiger charge is -2.14. The number of imidazole rings is 1. The van der Waals surface area contributed by atoms with E-state index in [-0.39, 0.29) is 24.9 Å². The monoisotopic (exact) mass is 531 g/mol. The lowest BCUT2D eigenvalue weighted by atomic mass is 10.1. The van der Waals surface area contributed by atoms with Gasteiger partial charge >= 0.3 is 5.97 Å². The van der Waals surface area contributed by atoms with Crippen LogP contribution < -0.4 is 19.5 Å². The predicted molar refractivity (Wildman–Crippen MR) is 148 cm³/mol. The summed E-state index contributed by atoms with van der Waals surface area (Å²) in [6.45, 7) is 4.18. The topological polar surface area (TPSA) is 101 Å². The number of carbonyl (C=O) groups is 2. The Balaban J connectivity index is 1.49. The molecule has 39 heavy (non-hydrogen) atoms. The first kappa shape index (κ1) is 27.5. The number of hydrogen-bond acceptors (Lipinski definition) is 7. The number of amides is 1. The summed E-state index contributed by atoms with van der Waals surface area (Å²) in [5, 5.41) is 2.75. The van der Waals surface area contributed by atoms with Gasteiger partial charge in [-0.1, -0.05) is 18.2 Å². The summed E-state index contributed by atoms with van der Waals surface area (Å²) in [7, 11) is 3.58. The number of hydrogen-bond donors (Lipinski definition) is 1. The van der Waals surface area contributed by atoms with Gasteiger partial charge in [-0.2, -0.15) is 0 Å². The van der Waals surface area contributed by atoms with Crippen molar-refractivity contribution in [2.45, 2.75) is 39.9 Å². The molecule has 0 atom stereocenters. The Kier molecular flexibility index (Phi) is 9.04. The van der Waals surface area contributed by atoms with E-state index in [2.05, 4.69) is 10.3 Å². The van der Waals surface area contributed by atoms with E-state index >= 15 is 0 Å². The molecule has 0 unspecified atom stereocenters. The summed E-state index contributed by atoms with van der Waals surface area (Å²) in [4.78, 5) is 27.9. The highest BCUT2D eigenvalue weighted by molar-refractivity contribution is 5.88. The lowest BCUT2D eigenvalue weighted by molar-refractivity contribution is -0.143. The number of nitrogens with one attached hydrogen (secondary N) is 1. The van der Waals surface area contributed by atoms with Gasteiger partial charge in [-0.05, 0) is 54.8 Å². The fraction of sp³-hybridized carbons (Fsp3) is 0.300. The molecule has 0 aliphatic heterocycles. The second-order valence-electron chi connectivity index (χ2n) is 8.97. The third-order valence-electron chi connectivity index (χ3n) is 6.16. The number of fused-ring (bicyclic) bond motifs is 1. The van der Waals surface area contributed by atoms with Crippen LogP contribution in [0, 0.1) is 0 Å². The Hall–Kier alpha value is -4.53. The minimum Gasteiger partial charge on any atom is -0.497 e. The molecule has 1 amide bonds. The molecular weight excluding hydrogens is 498 g/mol. The van der Waals surface area contributed by atoms with Crippen molar-refractivity contribution in [3.63, 3.8) is 0 Å². The van der Waals surface area contributed by atoms with Gasteiger partial charge in [0.25, 0.3) is 0 Å². The quantitative estimate of drug-likeness (QED) is 0.251. The zero-order valence-electron chi connectivity index (χ0n) is 22.7. The van der Waals surface area contributed by atoms with E-state index in [1.165, 1.54) is 6.92 Å². The molecule has 9 nitrogen and oxygen atoms in total. The van der Waals surface area contributed by atoms with Crippen LogP contribution in [-0.4, -0.2) is 35.1 Å². The number of aromatic nitrogens is 2. The molecule has 1 aromatic heterocycles. The van der Waals surface area contributed by atoms with E-state index in [4.69, 9.17) is 18.9 Å². The molecule has 1 heterocycles. The van der Waals surface area contributed by atoms with Gasteiger partial charge in [-0.15, -0.1) is 0 Å². The second-order valence-corrected chi connectivity index (χ2v) is 8.97. The molecule has 9 heteroatoms. The normalized spacial score (nSPS) is 10.8. The second kappa shape index (κ2) is 12.8. The van der Waals surface area contributed by atoms with Crippen LogP contribution in [0.4, 0.5) is 5.69 Å². The van der Waals surface area contributed by atoms with Crippen molar-refractivity contribution in [2.75, 3.05) is 19.0 Å². The van der Waals surface area contributed by atoms with Crippen LogP contribution in [0.15, 0.2) is 60.7 Å². The fourth-order valence-electron chi connectivity index (χ4n) is 4.11. The number of rotatable bonds is 12. The van der Waals surface area contributed by atoms with Gasteiger partial charge in [-0.3, -0.25) is 9.59 Å². The number of carbonyl (C=O) groups excluding carboxylic acids is 2. The van der Waals surface area contributed by atoms with Crippen molar-refractivity contribution in [3.05, 3.63) is 77.6 Å². The first-order valence-corrected chi connectivity index (χ1v) is 12.8. The number of ether oxygens (including phenoxy) is 4. The molecule has 0 aliphatic rings. The summed E-state index contributed by atoms with van der Waals surface area (Å²) >= 11 is 0. The van der Waals surface area contributed by atoms with E-state index in [0.717, 1.165) is 39.4 Å². The van der Waals surface area contributed by atoms with Crippen LogP contribution in [0.1, 0.15) is 37.2 Å². The molecule has 0 bridgehead atoms. The average Bonchev–Trinajstić information content (AvgIpc) is 3.25. The Bertz CT molecular complexity index is 1450. The summed E-state index contributed by atoms with van der Waals surface area (Å²) in [5.74, 6) is 2.40. The number of methoxy groups -OCH3 is 1. The molecule has 0 saturated heterocycles. The maximum atomic E-state index is 12.0. The van der Waals surface area contributed by atoms with E-state index in [0.29, 0.717) is 31.1 Å². The lowest BCUT2D eigenvalue weighted by Crippen LogP contribution is -2.07. The zero-order chi connectivity index (χ0) is 27.8. The van der Waals surface area contributed by atoms with E-state index in [1.54, 1.807) is 14.0 Å². The minimum atomic E-state index is -0.254. The molecule has 0 aliphatic carbocycles. The summed E-state index contributed by atoms with van der Waals surface area (Å²) in [6, 6.07) is 18.8. The molecule has 4 rings (SSSR count). The van der Waals surface area contributed by atoms with Crippen molar-refractivity contribution in [3.8, 4) is 17.2 Å². The van der Waals surface area contributed by atoms with Crippen molar-refractivity contribution < 1.29 is 28.5 Å². The van der Waals surface area contributed by atoms with Gasteiger partial charge in [0.15, 0.2) is 0 Å². The smallest absolute Gasteiger partial charge is 0.306 e. The summed E-state index contributed by atoms with van der Waals surface area (Å²) in [5.41, 5.74) is 4.34. The van der Waals surface area contributed by atoms with Crippen molar-refractivity contribution >= 4 is 28.6 Å². The number of anilines is 1. The Morgan fingerprint density at radius 2 is 1.72 bits per heavy atom. The first-order valence-electron chi connectivity index (χ1n) is 12.8. The molecule has 0 spiro atoms. The van der Waals surface area contributed by atoms with Crippen molar-refractivity contribution in [1.29, 1.82) is 0 Å². The van der Waals surface area contributed by atoms with Gasteiger partial charge in [0.2, 0.25) is 5.91 Å². The molecule has 0 fully saturated rings. The highest BCUT2D eigenvalue weighted by Gasteiger charge is 2.13. The minimum absolute atomic E-state index is 0.125. The van der Waals surface area contributed by atoms with Crippen LogP contribution >= 0.6 is 0 Å². The number of aryl methyl sites for hydroxylation is 2. The van der Waals surface area contributed by atoms with Crippen LogP contribution in [0.5, 0.6) is 17.2 Å². The third kappa shape index (κ3) is 7.28. The van der Waals surface area contributed by atoms with E-state index in [1.807, 2.05) is 72.3 Å². The van der Waals surface area contributed by atoms with Gasteiger partial charge in [0.05, 0.1) is 24.8 Å². The van der Waals surface area contributed by atoms with Crippen LogP contribution in [-0.2, 0) is 41.0 Å². The number of benzene rings is 3. The molecule has 0 saturated carbocycles. The highest BCUT2D eigenvalue weighted by Crippen LogP contribution is 2.29. The zero-order valence-corrected chi connectivity index (χ0v) is 22.7. The van der Waals surface area contributed by atoms with Crippen molar-refractivity contribution in [1.82, 2.24) is 9.55 Å². The summed E-state index contributed by atoms with van der Waals surface area (Å²) < 4.78 is 24.7. The highest BCUT2D eigenvalue weighted by atomic mass is 16.5. The number of esters is 1. The Labute approximate surface area is 227 Å². The largest absolute Gasteiger partial charge is 0.497 e. The fourth-order valence-corrected chi connectivity index (χ4v) is 4.11. The van der Waals surface area contributed by atoms with Crippen LogP contribution in [0.2, 0.25) is 0 Å². The van der Waals surface area contributed by atoms with E-state index in [9.17, 15) is 9.59 Å². The van der Waals surface area contributed by atoms with Crippen LogP contribution in [0.25, 0.3) is 11.0 Å². The van der Waals surface area contributed by atoms with Gasteiger partial charge in [0.1, 0.15) is 36.3 Å². The third-order valence-corrected chi connectivity index (χ3v) is 6.16. The van der Waals surface area contributed by atoms with Gasteiger partial charge < -0.3 is 28.8 Å². The number of nitrogens with zero attached hydrogens (tertiary/aromatic N) is 2. The summed E-state index contributed by atoms with van der Waals surface area (Å²) in [6.07, 6.45) is 0.724. The maximum absolute atomic E-state index is 12.0. The predicted octanol–water partition coefficient (Wildman–Crippen LogP) is 5.19. The van der Waals surface area contributed by atoms with Crippen LogP contribution in [0.3, 0.4) is 0 Å². The standard InChI is InChI=1S/C30H33N3O6/c1-5-37-30(35)15-9-22-8-12-25(17-28(22)39-18-21-6-10-23(11-7-21)31-20(2)34)38-19-29-32-26-14-13-24(36-4)16-27(26)33(29)3/h6-8,10-14,16-17H,5,9,15,18-19H2,1-4H3,(H,31,34). The van der Waals surface area contributed by atoms with Gasteiger partial charge in [0, 0.05) is 38.2 Å². The SMILES string of the molecule is CCOC(=O)CCc1ccc(OCc2nc3ccc(OC)cc3n2C)cc1OCc1ccc(NC(C)=O)cc1. The molecule has 3 aromatic carbocycles. The molecule has 204 valence electrons. The first-order chi connectivity index (χ1) is 18.9. The molecular formula is C30H33N3O6. The molecule has 4 aromatic rings. The van der Waals surface area contributed by atoms with Crippen molar-refractivity contribution in [2.24, 2.45) is 7.05 Å². The average molecular weight is 532 g/mol. The maximum Gasteiger partial charge on any atom is 0.306 e. The Morgan fingerprint density at radius 3 is 2.44 bits per heavy atom. The molecule has 1 N–H and O–H groups in total. The van der Waals surface area contributed by atoms with E-state index < -0.39 is 0 Å². The Morgan fingerprint density at radius 1 is 0.949 bits per heavy atom. The van der Waals surface area contributed by atoms with Gasteiger partial charge in [-0.25, -0.2) is 4.98 Å². The molecule has 0 radical (unpaired) electrons.